The average Bonchev–Trinajstić information content (AvgIpc) is 2.34. The van der Waals surface area contributed by atoms with E-state index in [-0.39, 0.29) is 11.6 Å². The first kappa shape index (κ1) is 7.10. The highest BCUT2D eigenvalue weighted by Crippen LogP contribution is 2.32. The fourth-order valence-electron chi connectivity index (χ4n) is 1.91. The third-order valence-electron chi connectivity index (χ3n) is 2.55. The molecule has 0 aromatic carbocycles. The monoisotopic (exact) mass is 155 g/mol. The summed E-state index contributed by atoms with van der Waals surface area (Å²) in [4.78, 5) is 10.9. The van der Waals surface area contributed by atoms with Crippen LogP contribution in [0.4, 0.5) is 0 Å². The number of carbonyl (C=O) groups excluding carboxylic acids is 1. The van der Waals surface area contributed by atoms with Crippen LogP contribution in [0.5, 0.6) is 0 Å². The van der Waals surface area contributed by atoms with Gasteiger partial charge >= 0.3 is 5.97 Å². The summed E-state index contributed by atoms with van der Waals surface area (Å²) in [6.07, 6.45) is 3.71. The summed E-state index contributed by atoms with van der Waals surface area (Å²) < 4.78 is 5.29. The lowest BCUT2D eigenvalue weighted by Gasteiger charge is -2.31. The summed E-state index contributed by atoms with van der Waals surface area (Å²) in [5.41, 5.74) is -0.116. The van der Waals surface area contributed by atoms with Crippen LogP contribution in [0.15, 0.2) is 0 Å². The Labute approximate surface area is 66.1 Å². The second kappa shape index (κ2) is 2.48. The Hall–Kier alpha value is -0.570. The molecule has 2 aliphatic rings. The van der Waals surface area contributed by atoms with Crippen LogP contribution in [0.1, 0.15) is 25.7 Å². The Morgan fingerprint density at radius 2 is 2.36 bits per heavy atom. The Morgan fingerprint density at radius 3 is 2.91 bits per heavy atom. The van der Waals surface area contributed by atoms with Gasteiger partial charge in [-0.15, -0.1) is 0 Å². The summed E-state index contributed by atoms with van der Waals surface area (Å²) >= 11 is 0. The third kappa shape index (κ3) is 1.25. The van der Waals surface area contributed by atoms with E-state index in [2.05, 4.69) is 5.32 Å². The Balaban J connectivity index is 2.03. The highest BCUT2D eigenvalue weighted by molar-refractivity contribution is 5.72. The molecule has 1 spiro atoms. The molecule has 0 aromatic rings. The van der Waals surface area contributed by atoms with Crippen molar-refractivity contribution in [2.75, 3.05) is 13.1 Å². The van der Waals surface area contributed by atoms with Crippen LogP contribution in [-0.4, -0.2) is 24.7 Å². The number of esters is 1. The number of ether oxygens (including phenoxy) is 1. The minimum absolute atomic E-state index is 0.0197. The first-order valence-electron chi connectivity index (χ1n) is 4.23. The van der Waals surface area contributed by atoms with Crippen molar-refractivity contribution in [1.82, 2.24) is 5.32 Å². The van der Waals surface area contributed by atoms with E-state index in [1.54, 1.807) is 0 Å². The molecule has 2 rings (SSSR count). The fourth-order valence-corrected chi connectivity index (χ4v) is 1.91. The molecule has 1 atom stereocenters. The van der Waals surface area contributed by atoms with Gasteiger partial charge in [0.2, 0.25) is 0 Å². The highest BCUT2D eigenvalue weighted by Gasteiger charge is 2.40. The van der Waals surface area contributed by atoms with Crippen molar-refractivity contribution in [3.63, 3.8) is 0 Å². The molecule has 2 heterocycles. The van der Waals surface area contributed by atoms with Gasteiger partial charge in [0.05, 0.1) is 0 Å². The predicted molar refractivity (Wildman–Crippen MR) is 40.2 cm³/mol. The molecule has 2 fully saturated rings. The van der Waals surface area contributed by atoms with Crippen molar-refractivity contribution in [3.05, 3.63) is 0 Å². The number of nitrogens with one attached hydrogen (secondary N) is 1. The standard InChI is InChI=1S/C8H13NO2/c10-7-2-4-8(11-7)3-1-5-9-6-8/h9H,1-6H2/t8-/m0/s1. The van der Waals surface area contributed by atoms with E-state index in [1.807, 2.05) is 0 Å². The van der Waals surface area contributed by atoms with Crippen molar-refractivity contribution in [2.45, 2.75) is 31.3 Å². The van der Waals surface area contributed by atoms with Crippen molar-refractivity contribution >= 4 is 5.97 Å². The lowest BCUT2D eigenvalue weighted by Crippen LogP contribution is -2.45. The van der Waals surface area contributed by atoms with E-state index in [4.69, 9.17) is 4.74 Å². The molecule has 1 N–H and O–H groups in total. The van der Waals surface area contributed by atoms with Crippen molar-refractivity contribution in [1.29, 1.82) is 0 Å². The maximum Gasteiger partial charge on any atom is 0.306 e. The van der Waals surface area contributed by atoms with E-state index in [9.17, 15) is 4.79 Å². The van der Waals surface area contributed by atoms with Crippen LogP contribution in [0.3, 0.4) is 0 Å². The molecule has 0 aliphatic carbocycles. The zero-order valence-corrected chi connectivity index (χ0v) is 6.56. The van der Waals surface area contributed by atoms with E-state index in [0.29, 0.717) is 6.42 Å². The second-order valence-electron chi connectivity index (χ2n) is 3.44. The van der Waals surface area contributed by atoms with E-state index in [1.165, 1.54) is 0 Å². The number of hydrogen-bond donors (Lipinski definition) is 1. The summed E-state index contributed by atoms with van der Waals surface area (Å²) in [5, 5.41) is 3.26. The van der Waals surface area contributed by atoms with Crippen molar-refractivity contribution < 1.29 is 9.53 Å². The molecule has 3 heteroatoms. The smallest absolute Gasteiger partial charge is 0.306 e. The lowest BCUT2D eigenvalue weighted by atomic mass is 9.91. The SMILES string of the molecule is O=C1CC[C@]2(CCCNC2)O1. The summed E-state index contributed by atoms with van der Waals surface area (Å²) in [7, 11) is 0. The summed E-state index contributed by atoms with van der Waals surface area (Å²) in [5.74, 6) is -0.0197. The number of rotatable bonds is 0. The van der Waals surface area contributed by atoms with E-state index in [0.717, 1.165) is 32.4 Å². The predicted octanol–water partition coefficient (Wildman–Crippen LogP) is 0.446. The van der Waals surface area contributed by atoms with Crippen LogP contribution >= 0.6 is 0 Å². The van der Waals surface area contributed by atoms with Crippen molar-refractivity contribution in [3.8, 4) is 0 Å². The first-order valence-corrected chi connectivity index (χ1v) is 4.23. The topological polar surface area (TPSA) is 38.3 Å². The van der Waals surface area contributed by atoms with Gasteiger partial charge in [-0.3, -0.25) is 4.79 Å². The van der Waals surface area contributed by atoms with Crippen molar-refractivity contribution in [2.24, 2.45) is 0 Å². The van der Waals surface area contributed by atoms with Gasteiger partial charge in [-0.05, 0) is 25.8 Å². The maximum atomic E-state index is 10.9. The number of piperidine rings is 1. The molecule has 3 nitrogen and oxygen atoms in total. The molecular weight excluding hydrogens is 142 g/mol. The van der Waals surface area contributed by atoms with Gasteiger partial charge in [-0.25, -0.2) is 0 Å². The molecule has 0 bridgehead atoms. The molecule has 2 aliphatic heterocycles. The molecule has 0 unspecified atom stereocenters. The lowest BCUT2D eigenvalue weighted by molar-refractivity contribution is -0.149. The van der Waals surface area contributed by atoms with Gasteiger partial charge in [0.1, 0.15) is 5.60 Å². The van der Waals surface area contributed by atoms with Gasteiger partial charge in [-0.1, -0.05) is 0 Å². The van der Waals surface area contributed by atoms with Crippen LogP contribution in [-0.2, 0) is 9.53 Å². The van der Waals surface area contributed by atoms with E-state index < -0.39 is 0 Å². The Morgan fingerprint density at radius 1 is 1.45 bits per heavy atom. The molecule has 0 saturated carbocycles. The minimum Gasteiger partial charge on any atom is -0.458 e. The van der Waals surface area contributed by atoms with Gasteiger partial charge < -0.3 is 10.1 Å². The Kier molecular flexibility index (Phi) is 1.60. The molecule has 0 radical (unpaired) electrons. The molecule has 0 amide bonds. The van der Waals surface area contributed by atoms with Crippen LogP contribution in [0.25, 0.3) is 0 Å². The van der Waals surface area contributed by atoms with Gasteiger partial charge in [0, 0.05) is 13.0 Å². The summed E-state index contributed by atoms with van der Waals surface area (Å²) in [6, 6.07) is 0. The largest absolute Gasteiger partial charge is 0.458 e. The highest BCUT2D eigenvalue weighted by atomic mass is 16.6. The van der Waals surface area contributed by atoms with Gasteiger partial charge in [-0.2, -0.15) is 0 Å². The molecular formula is C8H13NO2. The Bertz CT molecular complexity index is 173. The van der Waals surface area contributed by atoms with Gasteiger partial charge in [0.15, 0.2) is 0 Å². The second-order valence-corrected chi connectivity index (χ2v) is 3.44. The quantitative estimate of drug-likeness (QED) is 0.516. The summed E-state index contributed by atoms with van der Waals surface area (Å²) in [6.45, 7) is 1.93. The zero-order chi connectivity index (χ0) is 7.73. The minimum atomic E-state index is -0.116. The molecule has 11 heavy (non-hydrogen) atoms. The third-order valence-corrected chi connectivity index (χ3v) is 2.55. The number of carbonyl (C=O) groups is 1. The molecule has 0 aromatic heterocycles. The fraction of sp³-hybridized carbons (Fsp3) is 0.875. The van der Waals surface area contributed by atoms with Crippen LogP contribution < -0.4 is 5.32 Å². The normalized spacial score (nSPS) is 37.6. The van der Waals surface area contributed by atoms with Crippen LogP contribution in [0, 0.1) is 0 Å². The average molecular weight is 155 g/mol. The maximum absolute atomic E-state index is 10.9. The first-order chi connectivity index (χ1) is 5.31. The number of hydrogen-bond acceptors (Lipinski definition) is 3. The van der Waals surface area contributed by atoms with Gasteiger partial charge in [0.25, 0.3) is 0 Å². The van der Waals surface area contributed by atoms with E-state index >= 15 is 0 Å². The molecule has 62 valence electrons. The van der Waals surface area contributed by atoms with Crippen LogP contribution in [0.2, 0.25) is 0 Å². The molecule has 2 saturated heterocycles. The zero-order valence-electron chi connectivity index (χ0n) is 6.56.